The second-order valence-electron chi connectivity index (χ2n) is 5.66. The average molecular weight is 300 g/mol. The molecule has 2 aliphatic rings. The zero-order chi connectivity index (χ0) is 15.1. The molecule has 2 aromatic rings. The lowest BCUT2D eigenvalue weighted by atomic mass is 10.1. The number of nitrogens with zero attached hydrogens (tertiary/aromatic N) is 1. The Labute approximate surface area is 127 Å². The Morgan fingerprint density at radius 1 is 1.18 bits per heavy atom. The molecule has 2 saturated heterocycles. The van der Waals surface area contributed by atoms with Gasteiger partial charge in [0.2, 0.25) is 0 Å². The van der Waals surface area contributed by atoms with Gasteiger partial charge in [-0.2, -0.15) is 0 Å². The van der Waals surface area contributed by atoms with Crippen LogP contribution in [-0.4, -0.2) is 53.6 Å². The summed E-state index contributed by atoms with van der Waals surface area (Å²) >= 11 is 0. The third-order valence-electron chi connectivity index (χ3n) is 4.21. The molecule has 2 aliphatic heterocycles. The lowest BCUT2D eigenvalue weighted by Crippen LogP contribution is -2.44. The van der Waals surface area contributed by atoms with Gasteiger partial charge in [-0.1, -0.05) is 24.3 Å². The van der Waals surface area contributed by atoms with E-state index in [1.165, 1.54) is 0 Å². The van der Waals surface area contributed by atoms with Gasteiger partial charge in [0, 0.05) is 11.6 Å². The summed E-state index contributed by atoms with van der Waals surface area (Å²) in [5.74, 6) is -0.259. The summed E-state index contributed by atoms with van der Waals surface area (Å²) < 4.78 is 11.0. The highest BCUT2D eigenvalue weighted by Crippen LogP contribution is 2.27. The number of carbonyl (C=O) groups excluding carboxylic acids is 1. The Bertz CT molecular complexity index is 720. The number of rotatable bonds is 2. The monoisotopic (exact) mass is 300 g/mol. The quantitative estimate of drug-likeness (QED) is 0.844. The number of aliphatic hydroxyl groups excluding tert-OH is 1. The van der Waals surface area contributed by atoms with E-state index in [2.05, 4.69) is 10.3 Å². The molecule has 22 heavy (non-hydrogen) atoms. The van der Waals surface area contributed by atoms with Gasteiger partial charge < -0.3 is 19.9 Å². The van der Waals surface area contributed by atoms with Gasteiger partial charge in [0.15, 0.2) is 0 Å². The van der Waals surface area contributed by atoms with E-state index in [9.17, 15) is 9.90 Å². The maximum atomic E-state index is 12.4. The van der Waals surface area contributed by atoms with Crippen LogP contribution in [0.4, 0.5) is 0 Å². The first-order valence-corrected chi connectivity index (χ1v) is 7.29. The number of nitrogens with one attached hydrogen (secondary N) is 1. The highest BCUT2D eigenvalue weighted by Gasteiger charge is 2.47. The van der Waals surface area contributed by atoms with Crippen LogP contribution in [0.2, 0.25) is 0 Å². The zero-order valence-electron chi connectivity index (χ0n) is 11.8. The SMILES string of the molecule is O=C(N[C@H]1CO[C@H]2[C@@H]1OC[C@H]2O)c1cc2ccccc2cn1. The van der Waals surface area contributed by atoms with E-state index in [1.807, 2.05) is 24.3 Å². The summed E-state index contributed by atoms with van der Waals surface area (Å²) in [5, 5.41) is 14.6. The zero-order valence-corrected chi connectivity index (χ0v) is 11.8. The second kappa shape index (κ2) is 5.31. The fourth-order valence-electron chi connectivity index (χ4n) is 3.05. The van der Waals surface area contributed by atoms with Crippen molar-refractivity contribution in [1.82, 2.24) is 10.3 Å². The molecule has 1 aromatic carbocycles. The Balaban J connectivity index is 1.51. The van der Waals surface area contributed by atoms with E-state index in [0.717, 1.165) is 10.8 Å². The smallest absolute Gasteiger partial charge is 0.270 e. The molecule has 4 rings (SSSR count). The lowest BCUT2D eigenvalue weighted by molar-refractivity contribution is 0.0178. The number of carbonyl (C=O) groups is 1. The van der Waals surface area contributed by atoms with Crippen LogP contribution < -0.4 is 5.32 Å². The third-order valence-corrected chi connectivity index (χ3v) is 4.21. The Hall–Kier alpha value is -2.02. The van der Waals surface area contributed by atoms with Crippen LogP contribution in [-0.2, 0) is 9.47 Å². The summed E-state index contributed by atoms with van der Waals surface area (Å²) in [4.78, 5) is 16.6. The molecule has 3 heterocycles. The van der Waals surface area contributed by atoms with Gasteiger partial charge in [-0.3, -0.25) is 9.78 Å². The van der Waals surface area contributed by atoms with Crippen molar-refractivity contribution in [2.24, 2.45) is 0 Å². The molecule has 2 fully saturated rings. The molecular weight excluding hydrogens is 284 g/mol. The van der Waals surface area contributed by atoms with E-state index in [0.29, 0.717) is 12.3 Å². The minimum atomic E-state index is -0.620. The highest BCUT2D eigenvalue weighted by atomic mass is 16.6. The molecule has 0 spiro atoms. The first-order chi connectivity index (χ1) is 10.7. The molecule has 0 bridgehead atoms. The number of hydrogen-bond donors (Lipinski definition) is 2. The van der Waals surface area contributed by atoms with Crippen molar-refractivity contribution in [3.05, 3.63) is 42.2 Å². The van der Waals surface area contributed by atoms with E-state index in [1.54, 1.807) is 12.3 Å². The normalized spacial score (nSPS) is 30.4. The fourth-order valence-corrected chi connectivity index (χ4v) is 3.05. The van der Waals surface area contributed by atoms with E-state index < -0.39 is 6.10 Å². The second-order valence-corrected chi connectivity index (χ2v) is 5.66. The standard InChI is InChI=1S/C16H16N2O4/c19-13-8-22-14-12(7-21-15(13)14)18-16(20)11-5-9-3-1-2-4-10(9)6-17-11/h1-6,12-15,19H,7-8H2,(H,18,20)/t12-,13+,14+,15+/m0/s1. The van der Waals surface area contributed by atoms with Gasteiger partial charge >= 0.3 is 0 Å². The summed E-state index contributed by atoms with van der Waals surface area (Å²) in [6.07, 6.45) is 0.425. The largest absolute Gasteiger partial charge is 0.388 e. The van der Waals surface area contributed by atoms with E-state index >= 15 is 0 Å². The van der Waals surface area contributed by atoms with Crippen LogP contribution in [0.1, 0.15) is 10.5 Å². The maximum Gasteiger partial charge on any atom is 0.270 e. The summed E-state index contributed by atoms with van der Waals surface area (Å²) in [6.45, 7) is 0.585. The Morgan fingerprint density at radius 2 is 1.95 bits per heavy atom. The first-order valence-electron chi connectivity index (χ1n) is 7.29. The molecule has 1 amide bonds. The molecule has 114 valence electrons. The summed E-state index contributed by atoms with van der Waals surface area (Å²) in [7, 11) is 0. The van der Waals surface area contributed by atoms with Gasteiger partial charge in [-0.25, -0.2) is 0 Å². The molecule has 1 aromatic heterocycles. The van der Waals surface area contributed by atoms with E-state index in [4.69, 9.17) is 9.47 Å². The number of aromatic nitrogens is 1. The molecule has 0 radical (unpaired) electrons. The van der Waals surface area contributed by atoms with Gasteiger partial charge in [-0.15, -0.1) is 0 Å². The summed E-state index contributed by atoms with van der Waals surface area (Å²) in [5.41, 5.74) is 0.362. The number of fused-ring (bicyclic) bond motifs is 2. The minimum Gasteiger partial charge on any atom is -0.388 e. The van der Waals surface area contributed by atoms with Crippen molar-refractivity contribution in [1.29, 1.82) is 0 Å². The average Bonchev–Trinajstić information content (AvgIpc) is 3.11. The lowest BCUT2D eigenvalue weighted by Gasteiger charge is -2.17. The number of benzene rings is 1. The Kier molecular flexibility index (Phi) is 3.29. The van der Waals surface area contributed by atoms with Crippen molar-refractivity contribution in [2.45, 2.75) is 24.4 Å². The molecular formula is C16H16N2O4. The minimum absolute atomic E-state index is 0.246. The van der Waals surface area contributed by atoms with Gasteiger partial charge in [0.05, 0.1) is 19.3 Å². The van der Waals surface area contributed by atoms with Gasteiger partial charge in [0.25, 0.3) is 5.91 Å². The van der Waals surface area contributed by atoms with Crippen LogP contribution in [0.15, 0.2) is 36.5 Å². The number of hydrogen-bond acceptors (Lipinski definition) is 5. The molecule has 0 unspecified atom stereocenters. The summed E-state index contributed by atoms with van der Waals surface area (Å²) in [6, 6.07) is 9.26. The molecule has 6 nitrogen and oxygen atoms in total. The van der Waals surface area contributed by atoms with Crippen molar-refractivity contribution in [2.75, 3.05) is 13.2 Å². The molecule has 6 heteroatoms. The van der Waals surface area contributed by atoms with Crippen LogP contribution in [0, 0.1) is 0 Å². The number of amides is 1. The van der Waals surface area contributed by atoms with Crippen LogP contribution in [0.25, 0.3) is 10.8 Å². The highest BCUT2D eigenvalue weighted by molar-refractivity contribution is 5.96. The first kappa shape index (κ1) is 13.6. The van der Waals surface area contributed by atoms with Crippen molar-refractivity contribution < 1.29 is 19.4 Å². The molecule has 0 saturated carbocycles. The predicted octanol–water partition coefficient (Wildman–Crippen LogP) is 0.492. The maximum absolute atomic E-state index is 12.4. The predicted molar refractivity (Wildman–Crippen MR) is 78.5 cm³/mol. The molecule has 4 atom stereocenters. The fraction of sp³-hybridized carbons (Fsp3) is 0.375. The molecule has 0 aliphatic carbocycles. The van der Waals surface area contributed by atoms with Crippen LogP contribution >= 0.6 is 0 Å². The number of pyridine rings is 1. The van der Waals surface area contributed by atoms with Gasteiger partial charge in [0.1, 0.15) is 24.0 Å². The number of ether oxygens (including phenoxy) is 2. The van der Waals surface area contributed by atoms with Gasteiger partial charge in [-0.05, 0) is 11.5 Å². The van der Waals surface area contributed by atoms with Crippen molar-refractivity contribution in [3.63, 3.8) is 0 Å². The third kappa shape index (κ3) is 2.25. The van der Waals surface area contributed by atoms with Crippen LogP contribution in [0.5, 0.6) is 0 Å². The number of aliphatic hydroxyl groups is 1. The molecule has 2 N–H and O–H groups in total. The van der Waals surface area contributed by atoms with Crippen LogP contribution in [0.3, 0.4) is 0 Å². The van der Waals surface area contributed by atoms with Crippen molar-refractivity contribution >= 4 is 16.7 Å². The Morgan fingerprint density at radius 3 is 2.82 bits per heavy atom. The van der Waals surface area contributed by atoms with Crippen molar-refractivity contribution in [3.8, 4) is 0 Å². The topological polar surface area (TPSA) is 80.7 Å². The van der Waals surface area contributed by atoms with E-state index in [-0.39, 0.29) is 30.8 Å².